The van der Waals surface area contributed by atoms with Gasteiger partial charge in [-0.1, -0.05) is 11.8 Å². The van der Waals surface area contributed by atoms with Crippen molar-refractivity contribution < 1.29 is 14.3 Å². The van der Waals surface area contributed by atoms with Crippen molar-refractivity contribution in [1.29, 1.82) is 0 Å². The Balaban J connectivity index is 2.00. The van der Waals surface area contributed by atoms with Gasteiger partial charge in [-0.15, -0.1) is 0 Å². The van der Waals surface area contributed by atoms with E-state index in [0.29, 0.717) is 36.0 Å². The molecule has 1 saturated heterocycles. The van der Waals surface area contributed by atoms with Gasteiger partial charge in [0.2, 0.25) is 0 Å². The Labute approximate surface area is 131 Å². The van der Waals surface area contributed by atoms with E-state index in [1.54, 1.807) is 21.6 Å². The zero-order valence-corrected chi connectivity index (χ0v) is 12.9. The van der Waals surface area contributed by atoms with Crippen LogP contribution in [0.5, 0.6) is 0 Å². The second-order valence-electron chi connectivity index (χ2n) is 5.14. The summed E-state index contributed by atoms with van der Waals surface area (Å²) < 4.78 is 14.8. The number of hydrogen-bond donors (Lipinski definition) is 1. The third kappa shape index (κ3) is 2.74. The maximum absolute atomic E-state index is 13.1. The van der Waals surface area contributed by atoms with Gasteiger partial charge in [-0.25, -0.2) is 9.37 Å². The van der Waals surface area contributed by atoms with E-state index in [1.807, 2.05) is 6.26 Å². The first-order valence-corrected chi connectivity index (χ1v) is 8.17. The Hall–Kier alpha value is -1.86. The molecule has 22 heavy (non-hydrogen) atoms. The first kappa shape index (κ1) is 15.1. The first-order chi connectivity index (χ1) is 10.6. The minimum Gasteiger partial charge on any atom is -0.391 e. The summed E-state index contributed by atoms with van der Waals surface area (Å²) in [4.78, 5) is 18.5. The SMILES string of the molecule is CSc1ncc(C(=O)N2CC[C@H](O)C2)n1-c1ccc(F)cc1. The molecule has 1 amide bonds. The van der Waals surface area contributed by atoms with Crippen LogP contribution in [0.25, 0.3) is 5.69 Å². The summed E-state index contributed by atoms with van der Waals surface area (Å²) >= 11 is 1.41. The van der Waals surface area contributed by atoms with Crippen LogP contribution in [0.3, 0.4) is 0 Å². The summed E-state index contributed by atoms with van der Waals surface area (Å²) in [5.41, 5.74) is 1.11. The van der Waals surface area contributed by atoms with E-state index in [9.17, 15) is 14.3 Å². The minimum atomic E-state index is -0.467. The molecule has 7 heteroatoms. The molecule has 5 nitrogen and oxygen atoms in total. The molecule has 1 fully saturated rings. The van der Waals surface area contributed by atoms with Crippen LogP contribution in [-0.2, 0) is 0 Å². The van der Waals surface area contributed by atoms with Crippen molar-refractivity contribution in [2.45, 2.75) is 17.7 Å². The molecule has 0 unspecified atom stereocenters. The number of aliphatic hydroxyl groups is 1. The number of aromatic nitrogens is 2. The fraction of sp³-hybridized carbons (Fsp3) is 0.333. The van der Waals surface area contributed by atoms with Crippen LogP contribution >= 0.6 is 11.8 Å². The highest BCUT2D eigenvalue weighted by Gasteiger charge is 2.28. The highest BCUT2D eigenvalue weighted by atomic mass is 32.2. The summed E-state index contributed by atoms with van der Waals surface area (Å²) in [5.74, 6) is -0.501. The van der Waals surface area contributed by atoms with Gasteiger partial charge in [-0.2, -0.15) is 0 Å². The monoisotopic (exact) mass is 321 g/mol. The van der Waals surface area contributed by atoms with Gasteiger partial charge in [0.1, 0.15) is 11.5 Å². The maximum atomic E-state index is 13.1. The number of amides is 1. The van der Waals surface area contributed by atoms with Crippen molar-refractivity contribution in [3.05, 3.63) is 42.0 Å². The summed E-state index contributed by atoms with van der Waals surface area (Å²) in [6.45, 7) is 0.866. The van der Waals surface area contributed by atoms with Crippen LogP contribution in [0.15, 0.2) is 35.6 Å². The number of nitrogens with zero attached hydrogens (tertiary/aromatic N) is 3. The number of aliphatic hydroxyl groups excluding tert-OH is 1. The molecule has 2 aromatic rings. The quantitative estimate of drug-likeness (QED) is 0.878. The first-order valence-electron chi connectivity index (χ1n) is 6.95. The number of likely N-dealkylation sites (tertiary alicyclic amines) is 1. The van der Waals surface area contributed by atoms with Gasteiger partial charge in [0.05, 0.1) is 12.3 Å². The van der Waals surface area contributed by atoms with Crippen molar-refractivity contribution in [2.24, 2.45) is 0 Å². The summed E-state index contributed by atoms with van der Waals surface area (Å²) in [7, 11) is 0. The fourth-order valence-corrected chi connectivity index (χ4v) is 3.10. The van der Waals surface area contributed by atoms with E-state index in [-0.39, 0.29) is 11.7 Å². The average Bonchev–Trinajstić information content (AvgIpc) is 3.13. The summed E-state index contributed by atoms with van der Waals surface area (Å²) in [6, 6.07) is 5.94. The third-order valence-electron chi connectivity index (χ3n) is 3.67. The molecule has 0 saturated carbocycles. The predicted octanol–water partition coefficient (Wildman–Crippen LogP) is 1.94. The molecule has 1 aromatic carbocycles. The molecule has 3 rings (SSSR count). The number of halogens is 1. The number of rotatable bonds is 3. The molecule has 0 spiro atoms. The van der Waals surface area contributed by atoms with Crippen LogP contribution in [0.4, 0.5) is 4.39 Å². The molecule has 1 aliphatic heterocycles. The normalized spacial score (nSPS) is 18.0. The number of β-amino-alcohol motifs (C(OH)–C–C–N with tert-alkyl or cyclic N) is 1. The van der Waals surface area contributed by atoms with E-state index in [1.165, 1.54) is 30.1 Å². The Morgan fingerprint density at radius 2 is 2.14 bits per heavy atom. The lowest BCUT2D eigenvalue weighted by Gasteiger charge is -2.17. The molecule has 2 heterocycles. The van der Waals surface area contributed by atoms with Crippen LogP contribution in [0.2, 0.25) is 0 Å². The van der Waals surface area contributed by atoms with E-state index in [2.05, 4.69) is 4.98 Å². The number of carbonyl (C=O) groups excluding carboxylic acids is 1. The van der Waals surface area contributed by atoms with Crippen LogP contribution in [0.1, 0.15) is 16.9 Å². The molecule has 116 valence electrons. The topological polar surface area (TPSA) is 58.4 Å². The van der Waals surface area contributed by atoms with Gasteiger partial charge in [0, 0.05) is 18.8 Å². The predicted molar refractivity (Wildman–Crippen MR) is 81.8 cm³/mol. The van der Waals surface area contributed by atoms with Crippen LogP contribution in [-0.4, -0.2) is 50.9 Å². The smallest absolute Gasteiger partial charge is 0.272 e. The Morgan fingerprint density at radius 3 is 2.73 bits per heavy atom. The Bertz CT molecular complexity index is 687. The molecule has 1 aromatic heterocycles. The number of thioether (sulfide) groups is 1. The lowest BCUT2D eigenvalue weighted by molar-refractivity contribution is 0.0756. The Morgan fingerprint density at radius 1 is 1.41 bits per heavy atom. The second kappa shape index (κ2) is 6.10. The van der Waals surface area contributed by atoms with E-state index in [0.717, 1.165) is 0 Å². The van der Waals surface area contributed by atoms with Gasteiger partial charge in [-0.05, 0) is 36.9 Å². The zero-order chi connectivity index (χ0) is 15.7. The lowest BCUT2D eigenvalue weighted by Crippen LogP contribution is -2.31. The van der Waals surface area contributed by atoms with Gasteiger partial charge in [0.15, 0.2) is 5.16 Å². The molecular formula is C15H16FN3O2S. The Kier molecular flexibility index (Phi) is 4.17. The van der Waals surface area contributed by atoms with E-state index < -0.39 is 6.10 Å². The molecule has 0 radical (unpaired) electrons. The number of imidazole rings is 1. The highest BCUT2D eigenvalue weighted by Crippen LogP contribution is 2.24. The summed E-state index contributed by atoms with van der Waals surface area (Å²) in [6.07, 6.45) is 3.52. The number of benzene rings is 1. The minimum absolute atomic E-state index is 0.173. The third-order valence-corrected chi connectivity index (χ3v) is 4.32. The largest absolute Gasteiger partial charge is 0.391 e. The zero-order valence-electron chi connectivity index (χ0n) is 12.1. The van der Waals surface area contributed by atoms with E-state index in [4.69, 9.17) is 0 Å². The van der Waals surface area contributed by atoms with Gasteiger partial charge in [0.25, 0.3) is 5.91 Å². The molecule has 1 aliphatic rings. The van der Waals surface area contributed by atoms with Gasteiger partial charge < -0.3 is 10.0 Å². The van der Waals surface area contributed by atoms with Gasteiger partial charge >= 0.3 is 0 Å². The van der Waals surface area contributed by atoms with Crippen molar-refractivity contribution in [1.82, 2.24) is 14.5 Å². The number of hydrogen-bond acceptors (Lipinski definition) is 4. The molecule has 1 atom stereocenters. The van der Waals surface area contributed by atoms with Crippen molar-refractivity contribution in [2.75, 3.05) is 19.3 Å². The lowest BCUT2D eigenvalue weighted by atomic mass is 10.3. The standard InChI is InChI=1S/C15H16FN3O2S/c1-22-15-17-8-13(14(21)18-7-6-12(20)9-18)19(15)11-4-2-10(16)3-5-11/h2-5,8,12,20H,6-7,9H2,1H3/t12-/m0/s1. The average molecular weight is 321 g/mol. The van der Waals surface area contributed by atoms with Crippen LogP contribution < -0.4 is 0 Å². The van der Waals surface area contributed by atoms with Gasteiger partial charge in [-0.3, -0.25) is 9.36 Å². The molecule has 1 N–H and O–H groups in total. The second-order valence-corrected chi connectivity index (χ2v) is 5.91. The van der Waals surface area contributed by atoms with Crippen molar-refractivity contribution in [3.8, 4) is 5.69 Å². The van der Waals surface area contributed by atoms with E-state index >= 15 is 0 Å². The number of carbonyl (C=O) groups is 1. The van der Waals surface area contributed by atoms with Crippen molar-refractivity contribution >= 4 is 17.7 Å². The fourth-order valence-electron chi connectivity index (χ4n) is 2.56. The highest BCUT2D eigenvalue weighted by molar-refractivity contribution is 7.98. The molecule has 0 bridgehead atoms. The summed E-state index contributed by atoms with van der Waals surface area (Å²) in [5, 5.41) is 10.3. The molecular weight excluding hydrogens is 305 g/mol. The van der Waals surface area contributed by atoms with Crippen LogP contribution in [0, 0.1) is 5.82 Å². The maximum Gasteiger partial charge on any atom is 0.272 e. The molecule has 0 aliphatic carbocycles. The van der Waals surface area contributed by atoms with Crippen molar-refractivity contribution in [3.63, 3.8) is 0 Å².